The first kappa shape index (κ1) is 19.3. The molecular formula is C10H14F9N3. The monoisotopic (exact) mass is 347 g/mol. The third-order valence-corrected chi connectivity index (χ3v) is 3.30. The average molecular weight is 347 g/mol. The first-order chi connectivity index (χ1) is 9.73. The molecule has 1 saturated heterocycles. The molecule has 1 aliphatic rings. The van der Waals surface area contributed by atoms with Crippen LogP contribution in [0, 0.1) is 0 Å². The molecule has 1 heterocycles. The quantitative estimate of drug-likeness (QED) is 0.656. The minimum atomic E-state index is -4.97. The Morgan fingerprint density at radius 3 is 1.59 bits per heavy atom. The third-order valence-electron chi connectivity index (χ3n) is 3.30. The van der Waals surface area contributed by atoms with Crippen LogP contribution in [0.1, 0.15) is 0 Å². The summed E-state index contributed by atoms with van der Waals surface area (Å²) in [6.07, 6.45) is -14.9. The van der Waals surface area contributed by atoms with Gasteiger partial charge < -0.3 is 10.6 Å². The van der Waals surface area contributed by atoms with E-state index in [0.717, 1.165) is 7.05 Å². The number of alkyl halides is 9. The molecule has 1 rings (SSSR count). The maximum absolute atomic E-state index is 12.8. The van der Waals surface area contributed by atoms with Crippen LogP contribution in [0.5, 0.6) is 0 Å². The van der Waals surface area contributed by atoms with Gasteiger partial charge in [0, 0.05) is 19.6 Å². The van der Waals surface area contributed by atoms with Gasteiger partial charge in [0.1, 0.15) is 18.1 Å². The van der Waals surface area contributed by atoms with Gasteiger partial charge in [-0.2, -0.15) is 39.5 Å². The summed E-state index contributed by atoms with van der Waals surface area (Å²) in [6, 6.07) is -7.46. The summed E-state index contributed by atoms with van der Waals surface area (Å²) in [5.41, 5.74) is 0. The van der Waals surface area contributed by atoms with E-state index in [9.17, 15) is 39.5 Å². The van der Waals surface area contributed by atoms with E-state index in [-0.39, 0.29) is 0 Å². The molecule has 132 valence electrons. The zero-order valence-electron chi connectivity index (χ0n) is 11.2. The molecule has 3 atom stereocenters. The molecule has 0 bridgehead atoms. The highest BCUT2D eigenvalue weighted by atomic mass is 19.4. The van der Waals surface area contributed by atoms with Crippen LogP contribution in [0.15, 0.2) is 0 Å². The second-order valence-electron chi connectivity index (χ2n) is 5.00. The fourth-order valence-electron chi connectivity index (χ4n) is 2.04. The van der Waals surface area contributed by atoms with Gasteiger partial charge in [-0.1, -0.05) is 0 Å². The second kappa shape index (κ2) is 6.40. The van der Waals surface area contributed by atoms with E-state index in [1.54, 1.807) is 10.6 Å². The van der Waals surface area contributed by atoms with Crippen molar-refractivity contribution < 1.29 is 39.5 Å². The van der Waals surface area contributed by atoms with Crippen LogP contribution in [0.4, 0.5) is 39.5 Å². The molecule has 2 N–H and O–H groups in total. The lowest BCUT2D eigenvalue weighted by molar-refractivity contribution is -0.192. The molecule has 1 aliphatic heterocycles. The summed E-state index contributed by atoms with van der Waals surface area (Å²) in [6.45, 7) is -3.44. The molecule has 12 heteroatoms. The molecule has 0 aromatic heterocycles. The van der Waals surface area contributed by atoms with E-state index >= 15 is 0 Å². The fourth-order valence-corrected chi connectivity index (χ4v) is 2.04. The fraction of sp³-hybridized carbons (Fsp3) is 1.00. The van der Waals surface area contributed by atoms with E-state index < -0.39 is 56.3 Å². The number of likely N-dealkylation sites (N-methyl/N-ethyl adjacent to an activating group) is 1. The van der Waals surface area contributed by atoms with Crippen LogP contribution >= 0.6 is 0 Å². The lowest BCUT2D eigenvalue weighted by Crippen LogP contribution is -2.54. The van der Waals surface area contributed by atoms with E-state index in [0.29, 0.717) is 4.90 Å². The third kappa shape index (κ3) is 5.16. The van der Waals surface area contributed by atoms with Crippen LogP contribution in [0.25, 0.3) is 0 Å². The van der Waals surface area contributed by atoms with E-state index in [1.165, 1.54) is 0 Å². The Morgan fingerprint density at radius 1 is 0.727 bits per heavy atom. The average Bonchev–Trinajstić information content (AvgIpc) is 2.34. The van der Waals surface area contributed by atoms with Gasteiger partial charge in [-0.3, -0.25) is 4.90 Å². The lowest BCUT2D eigenvalue weighted by Gasteiger charge is -2.32. The minimum Gasteiger partial charge on any atom is -0.303 e. The van der Waals surface area contributed by atoms with Crippen LogP contribution in [0.2, 0.25) is 0 Å². The summed E-state index contributed by atoms with van der Waals surface area (Å²) in [7, 11) is 0.786. The standard InChI is InChI=1S/C10H14F9N3/c1-22-4-6(9(14,15)16)20-2-5(8(11,12)13)21-3-7(22)10(17,18)19/h5-7,20-21H,2-4H2,1H3. The minimum absolute atomic E-state index is 0.344. The summed E-state index contributed by atoms with van der Waals surface area (Å²) in [5, 5.41) is 3.29. The number of nitrogens with one attached hydrogen (secondary N) is 2. The molecule has 0 amide bonds. The summed E-state index contributed by atoms with van der Waals surface area (Å²) in [4.78, 5) is 0.344. The highest BCUT2D eigenvalue weighted by Gasteiger charge is 2.50. The zero-order valence-corrected chi connectivity index (χ0v) is 11.2. The van der Waals surface area contributed by atoms with Crippen molar-refractivity contribution in [3.8, 4) is 0 Å². The van der Waals surface area contributed by atoms with Gasteiger partial charge in [0.05, 0.1) is 0 Å². The largest absolute Gasteiger partial charge is 0.405 e. The van der Waals surface area contributed by atoms with Crippen molar-refractivity contribution in [2.24, 2.45) is 0 Å². The molecule has 0 saturated carbocycles. The first-order valence-electron chi connectivity index (χ1n) is 6.10. The van der Waals surface area contributed by atoms with Crippen molar-refractivity contribution in [3.05, 3.63) is 0 Å². The molecular weight excluding hydrogens is 333 g/mol. The van der Waals surface area contributed by atoms with E-state index in [1.807, 2.05) is 0 Å². The lowest BCUT2D eigenvalue weighted by atomic mass is 10.2. The molecule has 22 heavy (non-hydrogen) atoms. The van der Waals surface area contributed by atoms with Gasteiger partial charge in [0.15, 0.2) is 0 Å². The molecule has 1 fully saturated rings. The predicted molar refractivity (Wildman–Crippen MR) is 58.2 cm³/mol. The number of halogens is 9. The number of rotatable bonds is 0. The van der Waals surface area contributed by atoms with E-state index in [2.05, 4.69) is 0 Å². The van der Waals surface area contributed by atoms with Gasteiger partial charge in [-0.15, -0.1) is 0 Å². The van der Waals surface area contributed by atoms with Crippen LogP contribution in [-0.2, 0) is 0 Å². The summed E-state index contributed by atoms with van der Waals surface area (Å²) < 4.78 is 115. The Hall–Kier alpha value is -0.750. The molecule has 0 aliphatic carbocycles. The van der Waals surface area contributed by atoms with Crippen molar-refractivity contribution in [1.82, 2.24) is 15.5 Å². The predicted octanol–water partition coefficient (Wildman–Crippen LogP) is 1.90. The van der Waals surface area contributed by atoms with Crippen molar-refractivity contribution in [3.63, 3.8) is 0 Å². The number of nitrogens with zero attached hydrogens (tertiary/aromatic N) is 1. The molecule has 3 nitrogen and oxygen atoms in total. The van der Waals surface area contributed by atoms with Crippen molar-refractivity contribution in [2.75, 3.05) is 26.7 Å². The Morgan fingerprint density at radius 2 is 1.18 bits per heavy atom. The Balaban J connectivity index is 3.05. The highest BCUT2D eigenvalue weighted by Crippen LogP contribution is 2.29. The molecule has 0 radical (unpaired) electrons. The summed E-state index contributed by atoms with van der Waals surface area (Å²) in [5.74, 6) is 0. The molecule has 3 unspecified atom stereocenters. The van der Waals surface area contributed by atoms with Gasteiger partial charge in [0.2, 0.25) is 0 Å². The molecule has 0 spiro atoms. The Labute approximate surface area is 119 Å². The van der Waals surface area contributed by atoms with Crippen LogP contribution in [0.3, 0.4) is 0 Å². The maximum Gasteiger partial charge on any atom is 0.405 e. The highest BCUT2D eigenvalue weighted by molar-refractivity contribution is 4.91. The smallest absolute Gasteiger partial charge is 0.303 e. The van der Waals surface area contributed by atoms with Crippen molar-refractivity contribution in [1.29, 1.82) is 0 Å². The van der Waals surface area contributed by atoms with Crippen molar-refractivity contribution >= 4 is 0 Å². The van der Waals surface area contributed by atoms with E-state index in [4.69, 9.17) is 0 Å². The SMILES string of the molecule is CN1CC(C(F)(F)F)NCC(C(F)(F)F)NCC1C(F)(F)F. The van der Waals surface area contributed by atoms with Gasteiger partial charge >= 0.3 is 18.5 Å². The van der Waals surface area contributed by atoms with Gasteiger partial charge in [-0.05, 0) is 7.05 Å². The normalized spacial score (nSPS) is 30.5. The number of hydrogen-bond acceptors (Lipinski definition) is 3. The topological polar surface area (TPSA) is 27.3 Å². The first-order valence-corrected chi connectivity index (χ1v) is 6.10. The Bertz CT molecular complexity index is 362. The molecule has 0 aromatic carbocycles. The van der Waals surface area contributed by atoms with Gasteiger partial charge in [-0.25, -0.2) is 0 Å². The molecule has 0 aromatic rings. The van der Waals surface area contributed by atoms with Gasteiger partial charge in [0.25, 0.3) is 0 Å². The summed E-state index contributed by atoms with van der Waals surface area (Å²) >= 11 is 0. The Kier molecular flexibility index (Phi) is 5.61. The zero-order chi connectivity index (χ0) is 17.3. The van der Waals surface area contributed by atoms with Crippen LogP contribution in [-0.4, -0.2) is 68.2 Å². The maximum atomic E-state index is 12.8. The van der Waals surface area contributed by atoms with Crippen LogP contribution < -0.4 is 10.6 Å². The second-order valence-corrected chi connectivity index (χ2v) is 5.00. The van der Waals surface area contributed by atoms with Crippen molar-refractivity contribution in [2.45, 2.75) is 36.7 Å². The number of hydrogen-bond donors (Lipinski definition) is 2.